The summed E-state index contributed by atoms with van der Waals surface area (Å²) in [5.41, 5.74) is 3.96. The smallest absolute Gasteiger partial charge is 0.341 e. The van der Waals surface area contributed by atoms with Crippen LogP contribution in [0.5, 0.6) is 11.5 Å². The third-order valence-corrected chi connectivity index (χ3v) is 5.69. The summed E-state index contributed by atoms with van der Waals surface area (Å²) in [6, 6.07) is 25.7. The number of rotatable bonds is 8. The van der Waals surface area contributed by atoms with Gasteiger partial charge in [0.2, 0.25) is 0 Å². The van der Waals surface area contributed by atoms with Crippen LogP contribution in [0.1, 0.15) is 10.6 Å². The summed E-state index contributed by atoms with van der Waals surface area (Å²) < 4.78 is 11.2. The lowest BCUT2D eigenvalue weighted by Gasteiger charge is -2.09. The molecule has 1 heterocycles. The molecule has 0 unspecified atom stereocenters. The number of aliphatic carboxylic acids is 1. The molecular weight excluding hydrogens is 410 g/mol. The van der Waals surface area contributed by atoms with Crippen LogP contribution in [-0.4, -0.2) is 22.7 Å². The van der Waals surface area contributed by atoms with Gasteiger partial charge in [0.15, 0.2) is 6.61 Å². The molecule has 0 saturated heterocycles. The predicted octanol–water partition coefficient (Wildman–Crippen LogP) is 5.83. The second-order valence-corrected chi connectivity index (χ2v) is 8.00. The zero-order chi connectivity index (χ0) is 21.6. The van der Waals surface area contributed by atoms with E-state index in [9.17, 15) is 4.79 Å². The molecule has 0 aliphatic carbocycles. The maximum atomic E-state index is 10.7. The van der Waals surface area contributed by atoms with Crippen LogP contribution in [-0.2, 0) is 11.4 Å². The van der Waals surface area contributed by atoms with Gasteiger partial charge in [-0.1, -0.05) is 60.7 Å². The Hall–Kier alpha value is -3.64. The highest BCUT2D eigenvalue weighted by molar-refractivity contribution is 7.15. The third-order valence-electron chi connectivity index (χ3n) is 4.61. The molecule has 0 aliphatic rings. The van der Waals surface area contributed by atoms with Gasteiger partial charge in [0.1, 0.15) is 23.1 Å². The first-order valence-electron chi connectivity index (χ1n) is 9.79. The number of hydrogen-bond acceptors (Lipinski definition) is 5. The van der Waals surface area contributed by atoms with Crippen molar-refractivity contribution in [3.8, 4) is 33.2 Å². The van der Waals surface area contributed by atoms with E-state index in [1.807, 2.05) is 49.4 Å². The first-order valence-corrected chi connectivity index (χ1v) is 10.6. The fourth-order valence-electron chi connectivity index (χ4n) is 3.16. The molecule has 0 aliphatic heterocycles. The molecule has 0 atom stereocenters. The number of carboxylic acids is 1. The van der Waals surface area contributed by atoms with Crippen molar-refractivity contribution in [2.45, 2.75) is 13.5 Å². The number of carbonyl (C=O) groups is 1. The van der Waals surface area contributed by atoms with Crippen molar-refractivity contribution in [3.05, 3.63) is 89.4 Å². The van der Waals surface area contributed by atoms with Crippen LogP contribution in [0.4, 0.5) is 0 Å². The van der Waals surface area contributed by atoms with Crippen LogP contribution >= 0.6 is 11.3 Å². The molecular formula is C25H21NO4S. The number of thiazole rings is 1. The van der Waals surface area contributed by atoms with Gasteiger partial charge in [-0.3, -0.25) is 0 Å². The number of benzene rings is 3. The molecule has 6 heteroatoms. The Morgan fingerprint density at radius 3 is 2.26 bits per heavy atom. The van der Waals surface area contributed by atoms with Crippen molar-refractivity contribution in [2.75, 3.05) is 6.61 Å². The lowest BCUT2D eigenvalue weighted by Crippen LogP contribution is -2.10. The van der Waals surface area contributed by atoms with E-state index in [1.54, 1.807) is 23.5 Å². The molecule has 31 heavy (non-hydrogen) atoms. The summed E-state index contributed by atoms with van der Waals surface area (Å²) in [7, 11) is 0. The highest BCUT2D eigenvalue weighted by Crippen LogP contribution is 2.37. The van der Waals surface area contributed by atoms with E-state index in [1.165, 1.54) is 0 Å². The highest BCUT2D eigenvalue weighted by atomic mass is 32.1. The lowest BCUT2D eigenvalue weighted by atomic mass is 10.1. The fraction of sp³-hybridized carbons (Fsp3) is 0.120. The Kier molecular flexibility index (Phi) is 6.29. The van der Waals surface area contributed by atoms with E-state index < -0.39 is 5.97 Å². The van der Waals surface area contributed by atoms with Crippen molar-refractivity contribution < 1.29 is 19.4 Å². The van der Waals surface area contributed by atoms with Crippen molar-refractivity contribution in [1.29, 1.82) is 0 Å². The van der Waals surface area contributed by atoms with Gasteiger partial charge in [0, 0.05) is 5.56 Å². The van der Waals surface area contributed by atoms with Gasteiger partial charge in [0.25, 0.3) is 0 Å². The normalized spacial score (nSPS) is 10.6. The van der Waals surface area contributed by atoms with Crippen LogP contribution < -0.4 is 9.47 Å². The molecule has 0 saturated carbocycles. The van der Waals surface area contributed by atoms with Gasteiger partial charge in [-0.25, -0.2) is 9.78 Å². The minimum absolute atomic E-state index is 0.339. The topological polar surface area (TPSA) is 68.7 Å². The average Bonchev–Trinajstić information content (AvgIpc) is 3.22. The van der Waals surface area contributed by atoms with Gasteiger partial charge in [0.05, 0.1) is 10.6 Å². The Labute approximate surface area is 184 Å². The summed E-state index contributed by atoms with van der Waals surface area (Å²) in [6.07, 6.45) is 0. The zero-order valence-electron chi connectivity index (χ0n) is 16.9. The molecule has 0 spiro atoms. The number of hydrogen-bond donors (Lipinski definition) is 1. The summed E-state index contributed by atoms with van der Waals surface area (Å²) in [5, 5.41) is 9.64. The minimum Gasteiger partial charge on any atom is -0.486 e. The molecule has 0 radical (unpaired) electrons. The molecule has 0 fully saturated rings. The first-order chi connectivity index (χ1) is 15.1. The van der Waals surface area contributed by atoms with Crippen molar-refractivity contribution in [3.63, 3.8) is 0 Å². The Morgan fingerprint density at radius 2 is 1.61 bits per heavy atom. The Morgan fingerprint density at radius 1 is 0.935 bits per heavy atom. The van der Waals surface area contributed by atoms with Gasteiger partial charge < -0.3 is 14.6 Å². The SMILES string of the molecule is Cc1cc(OCc2nc(-c3ccccc3)c(-c3ccccc3)s2)ccc1OCC(=O)O. The molecule has 0 amide bonds. The number of carboxylic acid groups (broad SMARTS) is 1. The lowest BCUT2D eigenvalue weighted by molar-refractivity contribution is -0.139. The average molecular weight is 432 g/mol. The van der Waals surface area contributed by atoms with E-state index >= 15 is 0 Å². The minimum atomic E-state index is -1.01. The quantitative estimate of drug-likeness (QED) is 0.380. The molecule has 1 N–H and O–H groups in total. The van der Waals surface area contributed by atoms with Crippen LogP contribution in [0.3, 0.4) is 0 Å². The maximum Gasteiger partial charge on any atom is 0.341 e. The van der Waals surface area contributed by atoms with Crippen molar-refractivity contribution in [1.82, 2.24) is 4.98 Å². The van der Waals surface area contributed by atoms with E-state index in [0.29, 0.717) is 18.1 Å². The van der Waals surface area contributed by atoms with E-state index in [2.05, 4.69) is 24.3 Å². The van der Waals surface area contributed by atoms with Crippen LogP contribution in [0, 0.1) is 6.92 Å². The van der Waals surface area contributed by atoms with Gasteiger partial charge in [-0.15, -0.1) is 11.3 Å². The monoisotopic (exact) mass is 431 g/mol. The molecule has 4 aromatic rings. The third kappa shape index (κ3) is 5.10. The largest absolute Gasteiger partial charge is 0.486 e. The fourth-order valence-corrected chi connectivity index (χ4v) is 4.17. The van der Waals surface area contributed by atoms with Crippen LogP contribution in [0.25, 0.3) is 21.7 Å². The number of nitrogens with zero attached hydrogens (tertiary/aromatic N) is 1. The second-order valence-electron chi connectivity index (χ2n) is 6.92. The molecule has 1 aromatic heterocycles. The first kappa shape index (κ1) is 20.6. The van der Waals surface area contributed by atoms with E-state index in [0.717, 1.165) is 32.3 Å². The Bertz CT molecular complexity index is 1120. The zero-order valence-corrected chi connectivity index (χ0v) is 17.8. The van der Waals surface area contributed by atoms with Gasteiger partial charge >= 0.3 is 5.97 Å². The summed E-state index contributed by atoms with van der Waals surface area (Å²) in [6.45, 7) is 1.82. The van der Waals surface area contributed by atoms with E-state index in [-0.39, 0.29) is 6.61 Å². The molecule has 4 rings (SSSR count). The van der Waals surface area contributed by atoms with E-state index in [4.69, 9.17) is 19.6 Å². The second kappa shape index (κ2) is 9.45. The summed E-state index contributed by atoms with van der Waals surface area (Å²) in [4.78, 5) is 16.7. The highest BCUT2D eigenvalue weighted by Gasteiger charge is 2.15. The number of aryl methyl sites for hydroxylation is 1. The van der Waals surface area contributed by atoms with Crippen LogP contribution in [0.15, 0.2) is 78.9 Å². The molecule has 156 valence electrons. The molecule has 5 nitrogen and oxygen atoms in total. The molecule has 3 aromatic carbocycles. The van der Waals surface area contributed by atoms with Gasteiger partial charge in [-0.2, -0.15) is 0 Å². The standard InChI is InChI=1S/C25H21NO4S/c1-17-14-20(12-13-21(17)30-16-23(27)28)29-15-22-26-24(18-8-4-2-5-9-18)25(31-22)19-10-6-3-7-11-19/h2-14H,15-16H2,1H3,(H,27,28). The molecule has 0 bridgehead atoms. The number of aromatic nitrogens is 1. The summed E-state index contributed by atoms with van der Waals surface area (Å²) in [5.74, 6) is 0.201. The Balaban J connectivity index is 1.55. The maximum absolute atomic E-state index is 10.7. The number of ether oxygens (including phenoxy) is 2. The van der Waals surface area contributed by atoms with Crippen molar-refractivity contribution >= 4 is 17.3 Å². The summed E-state index contributed by atoms with van der Waals surface area (Å²) >= 11 is 1.62. The van der Waals surface area contributed by atoms with Gasteiger partial charge in [-0.05, 0) is 36.2 Å². The van der Waals surface area contributed by atoms with Crippen molar-refractivity contribution in [2.24, 2.45) is 0 Å². The predicted molar refractivity (Wildman–Crippen MR) is 122 cm³/mol. The van der Waals surface area contributed by atoms with Crippen LogP contribution in [0.2, 0.25) is 0 Å².